The molecule has 228 valence electrons. The lowest BCUT2D eigenvalue weighted by molar-refractivity contribution is -0.101. The number of aromatic nitrogens is 1. The van der Waals surface area contributed by atoms with E-state index in [1.807, 2.05) is 32.9 Å². The highest BCUT2D eigenvalue weighted by molar-refractivity contribution is 7.17. The lowest BCUT2D eigenvalue weighted by atomic mass is 10.1. The fourth-order valence-corrected chi connectivity index (χ4v) is 5.12. The van der Waals surface area contributed by atoms with Crippen LogP contribution >= 0.6 is 35.3 Å². The van der Waals surface area contributed by atoms with Crippen LogP contribution in [-0.2, 0) is 20.6 Å². The van der Waals surface area contributed by atoms with Gasteiger partial charge in [0.2, 0.25) is 0 Å². The van der Waals surface area contributed by atoms with Gasteiger partial charge in [-0.05, 0) is 45.0 Å². The minimum absolute atomic E-state index is 0. The maximum Gasteiger partial charge on any atom is 0.410 e. The van der Waals surface area contributed by atoms with Crippen molar-refractivity contribution >= 4 is 53.0 Å². The Bertz CT molecular complexity index is 1370. The van der Waals surface area contributed by atoms with Gasteiger partial charge in [-0.2, -0.15) is 0 Å². The van der Waals surface area contributed by atoms with Crippen LogP contribution in [0.1, 0.15) is 36.1 Å². The number of halogens is 2. The molecule has 0 unspecified atom stereocenters. The summed E-state index contributed by atoms with van der Waals surface area (Å²) in [7, 11) is 4.60. The smallest absolute Gasteiger partial charge is 0.410 e. The van der Waals surface area contributed by atoms with Crippen molar-refractivity contribution in [2.45, 2.75) is 45.2 Å². The SMILES string of the molecule is COc1cc(NC(=O)c2sc(-c3ccc(Cl)cc3)nc2CC(OC)OC)ccc1OC1CN(C(=O)OC(C)(C)C)C1.Cl. The van der Waals surface area contributed by atoms with Crippen molar-refractivity contribution in [3.63, 3.8) is 0 Å². The standard InChI is InChI=1S/C29H34ClN3O7S.ClH/c1-29(2,3)40-28(35)33-15-20(16-33)39-22-12-11-19(13-23(22)36-4)31-26(34)25-21(14-24(37-5)38-6)32-27(41-25)17-7-9-18(30)10-8-17;/h7-13,20,24H,14-16H2,1-6H3,(H,31,34);1H. The van der Waals surface area contributed by atoms with E-state index in [1.54, 1.807) is 35.2 Å². The zero-order chi connectivity index (χ0) is 29.7. The Balaban J connectivity index is 0.00000484. The first-order valence-corrected chi connectivity index (χ1v) is 14.1. The highest BCUT2D eigenvalue weighted by atomic mass is 35.5. The normalized spacial score (nSPS) is 13.3. The summed E-state index contributed by atoms with van der Waals surface area (Å²) in [4.78, 5) is 32.4. The minimum Gasteiger partial charge on any atom is -0.493 e. The summed E-state index contributed by atoms with van der Waals surface area (Å²) >= 11 is 7.31. The monoisotopic (exact) mass is 639 g/mol. The number of benzene rings is 2. The van der Waals surface area contributed by atoms with Crippen molar-refractivity contribution in [3.8, 4) is 22.1 Å². The Labute approximate surface area is 260 Å². The number of nitrogens with one attached hydrogen (secondary N) is 1. The molecule has 0 radical (unpaired) electrons. The first-order chi connectivity index (χ1) is 19.5. The summed E-state index contributed by atoms with van der Waals surface area (Å²) in [6.45, 7) is 6.30. The van der Waals surface area contributed by atoms with Crippen LogP contribution in [0.3, 0.4) is 0 Å². The molecule has 1 aromatic heterocycles. The molecule has 0 aliphatic carbocycles. The maximum atomic E-state index is 13.4. The quantitative estimate of drug-likeness (QED) is 0.257. The van der Waals surface area contributed by atoms with Gasteiger partial charge < -0.3 is 33.9 Å². The summed E-state index contributed by atoms with van der Waals surface area (Å²) in [5.41, 5.74) is 1.36. The van der Waals surface area contributed by atoms with Crippen molar-refractivity contribution in [2.75, 3.05) is 39.7 Å². The topological polar surface area (TPSA) is 108 Å². The molecule has 1 fully saturated rings. The number of nitrogens with zero attached hydrogens (tertiary/aromatic N) is 2. The van der Waals surface area contributed by atoms with E-state index in [-0.39, 0.29) is 36.9 Å². The van der Waals surface area contributed by atoms with Gasteiger partial charge in [-0.15, -0.1) is 23.7 Å². The predicted octanol–water partition coefficient (Wildman–Crippen LogP) is 6.31. The molecule has 0 spiro atoms. The van der Waals surface area contributed by atoms with E-state index in [0.717, 1.165) is 5.56 Å². The van der Waals surface area contributed by atoms with E-state index in [9.17, 15) is 9.59 Å². The zero-order valence-electron chi connectivity index (χ0n) is 24.3. The lowest BCUT2D eigenvalue weighted by Gasteiger charge is -2.39. The number of hydrogen-bond acceptors (Lipinski definition) is 9. The van der Waals surface area contributed by atoms with Crippen molar-refractivity contribution in [3.05, 3.63) is 58.1 Å². The van der Waals surface area contributed by atoms with E-state index >= 15 is 0 Å². The molecule has 0 saturated carbocycles. The number of amides is 2. The molecule has 4 rings (SSSR count). The molecular weight excluding hydrogens is 605 g/mol. The van der Waals surface area contributed by atoms with E-state index in [0.29, 0.717) is 50.9 Å². The Hall–Kier alpha value is -3.09. The summed E-state index contributed by atoms with van der Waals surface area (Å²) in [6, 6.07) is 12.4. The number of rotatable bonds is 10. The average molecular weight is 641 g/mol. The fraction of sp³-hybridized carbons (Fsp3) is 0.414. The third-order valence-electron chi connectivity index (χ3n) is 6.10. The van der Waals surface area contributed by atoms with E-state index in [1.165, 1.54) is 32.7 Å². The second-order valence-corrected chi connectivity index (χ2v) is 11.8. The summed E-state index contributed by atoms with van der Waals surface area (Å²) in [6.07, 6.45) is -0.836. The van der Waals surface area contributed by atoms with Crippen LogP contribution in [0.4, 0.5) is 10.5 Å². The van der Waals surface area contributed by atoms with Gasteiger partial charge in [-0.3, -0.25) is 4.79 Å². The molecule has 10 nitrogen and oxygen atoms in total. The Morgan fingerprint density at radius 2 is 1.74 bits per heavy atom. The van der Waals surface area contributed by atoms with Gasteiger partial charge in [0, 0.05) is 43.0 Å². The van der Waals surface area contributed by atoms with Crippen molar-refractivity contribution in [1.29, 1.82) is 0 Å². The lowest BCUT2D eigenvalue weighted by Crippen LogP contribution is -2.57. The molecule has 1 aliphatic heterocycles. The Morgan fingerprint density at radius 3 is 2.33 bits per heavy atom. The first kappa shape index (κ1) is 33.4. The number of carbonyl (C=O) groups is 2. The third kappa shape index (κ3) is 8.48. The van der Waals surface area contributed by atoms with Crippen LogP contribution in [0.25, 0.3) is 10.6 Å². The van der Waals surface area contributed by atoms with Crippen LogP contribution in [0.2, 0.25) is 5.02 Å². The number of methoxy groups -OCH3 is 3. The highest BCUT2D eigenvalue weighted by Gasteiger charge is 2.35. The largest absolute Gasteiger partial charge is 0.493 e. The van der Waals surface area contributed by atoms with Crippen LogP contribution in [-0.4, -0.2) is 74.3 Å². The first-order valence-electron chi connectivity index (χ1n) is 12.9. The number of carbonyl (C=O) groups excluding carboxylic acids is 2. The number of likely N-dealkylation sites (tertiary alicyclic amines) is 1. The number of anilines is 1. The molecule has 13 heteroatoms. The third-order valence-corrected chi connectivity index (χ3v) is 7.49. The molecule has 0 bridgehead atoms. The van der Waals surface area contributed by atoms with E-state index in [4.69, 9.17) is 40.3 Å². The number of hydrogen-bond donors (Lipinski definition) is 1. The summed E-state index contributed by atoms with van der Waals surface area (Å²) in [5.74, 6) is 0.626. The van der Waals surface area contributed by atoms with Gasteiger partial charge in [0.05, 0.1) is 25.9 Å². The molecule has 1 saturated heterocycles. The van der Waals surface area contributed by atoms with Gasteiger partial charge in [0.1, 0.15) is 21.6 Å². The predicted molar refractivity (Wildman–Crippen MR) is 164 cm³/mol. The van der Waals surface area contributed by atoms with Gasteiger partial charge in [0.25, 0.3) is 5.91 Å². The van der Waals surface area contributed by atoms with Crippen molar-refractivity contribution in [1.82, 2.24) is 9.88 Å². The molecule has 0 atom stereocenters. The van der Waals surface area contributed by atoms with Crippen molar-refractivity contribution in [2.24, 2.45) is 0 Å². The molecule has 2 heterocycles. The molecule has 1 aliphatic rings. The second-order valence-electron chi connectivity index (χ2n) is 10.4. The maximum absolute atomic E-state index is 13.4. The van der Waals surface area contributed by atoms with Gasteiger partial charge in [-0.1, -0.05) is 23.7 Å². The highest BCUT2D eigenvalue weighted by Crippen LogP contribution is 2.34. The molecular formula is C29H35Cl2N3O7S. The summed E-state index contributed by atoms with van der Waals surface area (Å²) < 4.78 is 27.7. The van der Waals surface area contributed by atoms with E-state index in [2.05, 4.69) is 5.32 Å². The number of thiazole rings is 1. The van der Waals surface area contributed by atoms with Gasteiger partial charge >= 0.3 is 6.09 Å². The van der Waals surface area contributed by atoms with Crippen LogP contribution < -0.4 is 14.8 Å². The number of ether oxygens (including phenoxy) is 5. The zero-order valence-corrected chi connectivity index (χ0v) is 26.7. The Kier molecular flexibility index (Phi) is 11.4. The molecule has 1 N–H and O–H groups in total. The molecule has 42 heavy (non-hydrogen) atoms. The minimum atomic E-state index is -0.559. The second kappa shape index (κ2) is 14.4. The van der Waals surface area contributed by atoms with Crippen LogP contribution in [0, 0.1) is 0 Å². The Morgan fingerprint density at radius 1 is 1.07 bits per heavy atom. The van der Waals surface area contributed by atoms with Crippen LogP contribution in [0.5, 0.6) is 11.5 Å². The van der Waals surface area contributed by atoms with Crippen molar-refractivity contribution < 1.29 is 33.3 Å². The molecule has 3 aromatic rings. The fourth-order valence-electron chi connectivity index (χ4n) is 4.00. The van der Waals surface area contributed by atoms with Crippen LogP contribution in [0.15, 0.2) is 42.5 Å². The van der Waals surface area contributed by atoms with E-state index < -0.39 is 11.9 Å². The molecule has 2 amide bonds. The summed E-state index contributed by atoms with van der Waals surface area (Å²) in [5, 5.41) is 4.22. The molecule has 2 aromatic carbocycles. The average Bonchev–Trinajstić information content (AvgIpc) is 3.32. The van der Waals surface area contributed by atoms with Gasteiger partial charge in [0.15, 0.2) is 17.8 Å². The van der Waals surface area contributed by atoms with Gasteiger partial charge in [-0.25, -0.2) is 9.78 Å².